The van der Waals surface area contributed by atoms with Crippen LogP contribution in [0.3, 0.4) is 0 Å². The lowest BCUT2D eigenvalue weighted by atomic mass is 10.1. The molecular weight excluding hydrogens is 495 g/mol. The number of pyridine rings is 1. The number of benzene rings is 1. The van der Waals surface area contributed by atoms with E-state index in [2.05, 4.69) is 15.3 Å². The molecule has 1 aliphatic rings. The Morgan fingerprint density at radius 2 is 2.00 bits per heavy atom. The molecule has 0 spiro atoms. The first-order valence-electron chi connectivity index (χ1n) is 12.0. The van der Waals surface area contributed by atoms with Crippen molar-refractivity contribution in [1.29, 1.82) is 0 Å². The van der Waals surface area contributed by atoms with Crippen molar-refractivity contribution in [3.63, 3.8) is 0 Å². The highest BCUT2D eigenvalue weighted by atomic mass is 19.1. The molecule has 3 amide bonds. The first kappa shape index (κ1) is 26.6. The summed E-state index contributed by atoms with van der Waals surface area (Å²) >= 11 is 0. The lowest BCUT2D eigenvalue weighted by Crippen LogP contribution is -2.56. The van der Waals surface area contributed by atoms with E-state index in [1.807, 2.05) is 11.8 Å². The molecule has 0 aliphatic carbocycles. The lowest BCUT2D eigenvalue weighted by Gasteiger charge is -2.42. The molecule has 1 fully saturated rings. The average molecular weight is 525 g/mol. The second kappa shape index (κ2) is 11.3. The predicted molar refractivity (Wildman–Crippen MR) is 137 cm³/mol. The zero-order valence-corrected chi connectivity index (χ0v) is 21.6. The molecule has 12 heteroatoms. The molecular formula is C26H29FN6O5. The van der Waals surface area contributed by atoms with Gasteiger partial charge in [-0.05, 0) is 38.1 Å². The number of piperazine rings is 1. The smallest absolute Gasteiger partial charge is 0.276 e. The van der Waals surface area contributed by atoms with Crippen LogP contribution in [-0.4, -0.2) is 83.9 Å². The van der Waals surface area contributed by atoms with Gasteiger partial charge in [0.2, 0.25) is 11.8 Å². The maximum Gasteiger partial charge on any atom is 0.276 e. The molecule has 3 heterocycles. The number of methoxy groups -OCH3 is 1. The van der Waals surface area contributed by atoms with E-state index in [9.17, 15) is 18.8 Å². The Balaban J connectivity index is 1.44. The minimum absolute atomic E-state index is 0.116. The van der Waals surface area contributed by atoms with Crippen LogP contribution in [0.1, 0.15) is 33.5 Å². The van der Waals surface area contributed by atoms with Gasteiger partial charge in [-0.3, -0.25) is 14.4 Å². The number of hydrogen-bond acceptors (Lipinski definition) is 8. The minimum atomic E-state index is -0.539. The van der Waals surface area contributed by atoms with Gasteiger partial charge in [0.15, 0.2) is 12.1 Å². The third-order valence-electron chi connectivity index (χ3n) is 6.36. The highest BCUT2D eigenvalue weighted by molar-refractivity contribution is 6.08. The molecule has 0 saturated carbocycles. The minimum Gasteiger partial charge on any atom is -0.481 e. The molecule has 1 aliphatic heterocycles. The summed E-state index contributed by atoms with van der Waals surface area (Å²) < 4.78 is 24.3. The van der Waals surface area contributed by atoms with Crippen molar-refractivity contribution in [2.45, 2.75) is 19.9 Å². The normalized spacial score (nSPS) is 15.2. The number of aromatic nitrogens is 2. The maximum atomic E-state index is 14.2. The molecule has 11 nitrogen and oxygen atoms in total. The van der Waals surface area contributed by atoms with E-state index >= 15 is 0 Å². The highest BCUT2D eigenvalue weighted by Gasteiger charge is 2.31. The van der Waals surface area contributed by atoms with E-state index < -0.39 is 17.6 Å². The van der Waals surface area contributed by atoms with Gasteiger partial charge in [-0.2, -0.15) is 0 Å². The van der Waals surface area contributed by atoms with Crippen molar-refractivity contribution in [3.05, 3.63) is 65.8 Å². The monoisotopic (exact) mass is 524 g/mol. The summed E-state index contributed by atoms with van der Waals surface area (Å²) in [6.07, 6.45) is 2.69. The number of amides is 3. The molecule has 1 atom stereocenters. The number of halogens is 1. The van der Waals surface area contributed by atoms with E-state index in [1.165, 1.54) is 43.8 Å². The lowest BCUT2D eigenvalue weighted by molar-refractivity contribution is -0.134. The van der Waals surface area contributed by atoms with Gasteiger partial charge in [0.05, 0.1) is 19.2 Å². The standard InChI is InChI=1S/C26H29FN6O5/c1-16-13-32(9-10-33(16)23(34)14-31(3)26(36)24-17(2)38-15-29-24)21-6-5-18(27)11-20(21)25(35)30-19-7-8-28-22(12-19)37-4/h5-8,11-12,15-16H,9-10,13-14H2,1-4H3,(H,28,30,35)/t16-/m1/s1. The first-order valence-corrected chi connectivity index (χ1v) is 12.0. The summed E-state index contributed by atoms with van der Waals surface area (Å²) in [7, 11) is 3.01. The molecule has 1 saturated heterocycles. The summed E-state index contributed by atoms with van der Waals surface area (Å²) in [5.74, 6) is -0.910. The zero-order valence-electron chi connectivity index (χ0n) is 21.6. The fourth-order valence-electron chi connectivity index (χ4n) is 4.37. The predicted octanol–water partition coefficient (Wildman–Crippen LogP) is 2.59. The van der Waals surface area contributed by atoms with Crippen molar-refractivity contribution in [2.75, 3.05) is 50.6 Å². The number of rotatable bonds is 7. The topological polar surface area (TPSA) is 121 Å². The summed E-state index contributed by atoms with van der Waals surface area (Å²) in [6, 6.07) is 7.01. The number of aryl methyl sites for hydroxylation is 1. The Hall–Kier alpha value is -4.48. The van der Waals surface area contributed by atoms with Gasteiger partial charge >= 0.3 is 0 Å². The molecule has 2 aromatic heterocycles. The first-order chi connectivity index (χ1) is 18.2. The fourth-order valence-corrected chi connectivity index (χ4v) is 4.37. The molecule has 4 rings (SSSR count). The number of carbonyl (C=O) groups excluding carboxylic acids is 3. The molecule has 0 bridgehead atoms. The quantitative estimate of drug-likeness (QED) is 0.501. The van der Waals surface area contributed by atoms with Crippen LogP contribution in [0, 0.1) is 12.7 Å². The van der Waals surface area contributed by atoms with Crippen LogP contribution >= 0.6 is 0 Å². The van der Waals surface area contributed by atoms with Gasteiger partial charge in [-0.1, -0.05) is 0 Å². The Kier molecular flexibility index (Phi) is 7.89. The van der Waals surface area contributed by atoms with E-state index in [0.29, 0.717) is 42.6 Å². The molecule has 0 radical (unpaired) electrons. The average Bonchev–Trinajstić information content (AvgIpc) is 3.33. The van der Waals surface area contributed by atoms with Crippen LogP contribution in [0.15, 0.2) is 47.3 Å². The second-order valence-corrected chi connectivity index (χ2v) is 9.00. The highest BCUT2D eigenvalue weighted by Crippen LogP contribution is 2.26. The second-order valence-electron chi connectivity index (χ2n) is 9.00. The number of carbonyl (C=O) groups is 3. The number of ether oxygens (including phenoxy) is 1. The van der Waals surface area contributed by atoms with Crippen LogP contribution in [0.25, 0.3) is 0 Å². The Labute approximate surface area is 219 Å². The van der Waals surface area contributed by atoms with E-state index in [4.69, 9.17) is 9.15 Å². The molecule has 0 unspecified atom stereocenters. The molecule has 3 aromatic rings. The number of nitrogens with one attached hydrogen (secondary N) is 1. The van der Waals surface area contributed by atoms with Crippen molar-refractivity contribution in [1.82, 2.24) is 19.8 Å². The molecule has 1 aromatic carbocycles. The Bertz CT molecular complexity index is 1350. The number of nitrogens with zero attached hydrogens (tertiary/aromatic N) is 5. The summed E-state index contributed by atoms with van der Waals surface area (Å²) in [4.78, 5) is 51.6. The fraction of sp³-hybridized carbons (Fsp3) is 0.346. The van der Waals surface area contributed by atoms with E-state index in [0.717, 1.165) is 0 Å². The van der Waals surface area contributed by atoms with Crippen LogP contribution in [-0.2, 0) is 4.79 Å². The van der Waals surface area contributed by atoms with Crippen molar-refractivity contribution in [3.8, 4) is 5.88 Å². The third-order valence-corrected chi connectivity index (χ3v) is 6.36. The van der Waals surface area contributed by atoms with Gasteiger partial charge in [0.1, 0.15) is 11.6 Å². The van der Waals surface area contributed by atoms with Gasteiger partial charge in [-0.25, -0.2) is 14.4 Å². The van der Waals surface area contributed by atoms with Gasteiger partial charge in [-0.15, -0.1) is 0 Å². The SMILES string of the molecule is COc1cc(NC(=O)c2cc(F)ccc2N2CCN(C(=O)CN(C)C(=O)c3ncoc3C)[C@H](C)C2)ccn1. The van der Waals surface area contributed by atoms with Crippen LogP contribution in [0.4, 0.5) is 15.8 Å². The Morgan fingerprint density at radius 1 is 1.21 bits per heavy atom. The van der Waals surface area contributed by atoms with Crippen LogP contribution in [0.2, 0.25) is 0 Å². The third kappa shape index (κ3) is 5.74. The van der Waals surface area contributed by atoms with Gasteiger partial charge in [0.25, 0.3) is 11.8 Å². The molecule has 200 valence electrons. The summed E-state index contributed by atoms with van der Waals surface area (Å²) in [6.45, 7) is 4.61. The molecule has 38 heavy (non-hydrogen) atoms. The van der Waals surface area contributed by atoms with Gasteiger partial charge in [0, 0.05) is 56.4 Å². The van der Waals surface area contributed by atoms with Crippen molar-refractivity contribution in [2.24, 2.45) is 0 Å². The number of oxazole rings is 1. The summed E-state index contributed by atoms with van der Waals surface area (Å²) in [5.41, 5.74) is 1.35. The van der Waals surface area contributed by atoms with Crippen LogP contribution < -0.4 is 15.0 Å². The van der Waals surface area contributed by atoms with E-state index in [-0.39, 0.29) is 29.8 Å². The van der Waals surface area contributed by atoms with Crippen LogP contribution in [0.5, 0.6) is 5.88 Å². The zero-order chi connectivity index (χ0) is 27.4. The summed E-state index contributed by atoms with van der Waals surface area (Å²) in [5, 5.41) is 2.76. The van der Waals surface area contributed by atoms with Crippen molar-refractivity contribution < 1.29 is 27.9 Å². The van der Waals surface area contributed by atoms with Gasteiger partial charge < -0.3 is 29.2 Å². The maximum absolute atomic E-state index is 14.2. The largest absolute Gasteiger partial charge is 0.481 e. The number of hydrogen-bond donors (Lipinski definition) is 1. The number of anilines is 2. The Morgan fingerprint density at radius 3 is 2.68 bits per heavy atom. The molecule has 1 N–H and O–H groups in total. The number of likely N-dealkylation sites (N-methyl/N-ethyl adjacent to an activating group) is 1. The van der Waals surface area contributed by atoms with Crippen molar-refractivity contribution >= 4 is 29.1 Å². The van der Waals surface area contributed by atoms with E-state index in [1.54, 1.807) is 30.0 Å².